The largest absolute Gasteiger partial charge is 0.320 e. The van der Waals surface area contributed by atoms with Crippen molar-refractivity contribution in [3.05, 3.63) is 72.0 Å². The molecule has 0 atom stereocenters. The molecule has 1 N–H and O–H groups in total. The molecule has 1 amide bonds. The molecule has 7 heteroatoms. The molecule has 0 aliphatic rings. The van der Waals surface area contributed by atoms with E-state index < -0.39 is 0 Å². The monoisotopic (exact) mass is 325 g/mol. The SMILES string of the molecule is O=C(/C=C/c1ccc(Cl)cc1)Nc1cnc(-n2ccnc2)nc1. The summed E-state index contributed by atoms with van der Waals surface area (Å²) in [6, 6.07) is 7.19. The van der Waals surface area contributed by atoms with Gasteiger partial charge in [-0.05, 0) is 23.8 Å². The van der Waals surface area contributed by atoms with Crippen molar-refractivity contribution in [3.63, 3.8) is 0 Å². The van der Waals surface area contributed by atoms with Gasteiger partial charge >= 0.3 is 0 Å². The highest BCUT2D eigenvalue weighted by Gasteiger charge is 2.02. The van der Waals surface area contributed by atoms with Crippen molar-refractivity contribution in [1.29, 1.82) is 0 Å². The third-order valence-electron chi connectivity index (χ3n) is 2.94. The number of anilines is 1. The Morgan fingerprint density at radius 1 is 1.17 bits per heavy atom. The van der Waals surface area contributed by atoms with Gasteiger partial charge in [-0.3, -0.25) is 9.36 Å². The number of benzene rings is 1. The average Bonchev–Trinajstić information content (AvgIpc) is 3.09. The van der Waals surface area contributed by atoms with Crippen LogP contribution in [0.15, 0.2) is 61.5 Å². The van der Waals surface area contributed by atoms with Gasteiger partial charge in [-0.25, -0.2) is 15.0 Å². The van der Waals surface area contributed by atoms with Crippen LogP contribution in [-0.2, 0) is 4.79 Å². The van der Waals surface area contributed by atoms with Crippen molar-refractivity contribution < 1.29 is 4.79 Å². The van der Waals surface area contributed by atoms with Crippen LogP contribution in [0.25, 0.3) is 12.0 Å². The first kappa shape index (κ1) is 14.9. The first-order valence-electron chi connectivity index (χ1n) is 6.76. The first-order chi connectivity index (χ1) is 11.2. The molecule has 0 radical (unpaired) electrons. The van der Waals surface area contributed by atoms with E-state index in [1.54, 1.807) is 41.5 Å². The van der Waals surface area contributed by atoms with Crippen LogP contribution in [0.1, 0.15) is 5.56 Å². The molecular formula is C16H12ClN5O. The Morgan fingerprint density at radius 3 is 2.57 bits per heavy atom. The molecule has 3 aromatic rings. The summed E-state index contributed by atoms with van der Waals surface area (Å²) in [6.45, 7) is 0. The maximum atomic E-state index is 11.9. The van der Waals surface area contributed by atoms with E-state index in [0.29, 0.717) is 16.7 Å². The maximum Gasteiger partial charge on any atom is 0.248 e. The quantitative estimate of drug-likeness (QED) is 0.748. The second-order valence-electron chi connectivity index (χ2n) is 4.62. The number of carbonyl (C=O) groups is 1. The van der Waals surface area contributed by atoms with Crippen LogP contribution >= 0.6 is 11.6 Å². The Bertz CT molecular complexity index is 811. The molecular weight excluding hydrogens is 314 g/mol. The van der Waals surface area contributed by atoms with Gasteiger partial charge in [-0.1, -0.05) is 23.7 Å². The zero-order valence-electron chi connectivity index (χ0n) is 11.9. The van der Waals surface area contributed by atoms with E-state index in [9.17, 15) is 4.79 Å². The molecule has 0 aliphatic carbocycles. The van der Waals surface area contributed by atoms with E-state index in [0.717, 1.165) is 5.56 Å². The van der Waals surface area contributed by atoms with Gasteiger partial charge in [0.1, 0.15) is 6.33 Å². The molecule has 0 saturated heterocycles. The van der Waals surface area contributed by atoms with E-state index in [1.165, 1.54) is 18.5 Å². The highest BCUT2D eigenvalue weighted by molar-refractivity contribution is 6.30. The van der Waals surface area contributed by atoms with Gasteiger partial charge in [0, 0.05) is 23.5 Å². The molecule has 2 heterocycles. The Balaban J connectivity index is 1.62. The lowest BCUT2D eigenvalue weighted by atomic mass is 10.2. The van der Waals surface area contributed by atoms with Gasteiger partial charge in [0.25, 0.3) is 0 Å². The third-order valence-corrected chi connectivity index (χ3v) is 3.19. The summed E-state index contributed by atoms with van der Waals surface area (Å²) >= 11 is 5.81. The van der Waals surface area contributed by atoms with E-state index in [2.05, 4.69) is 20.3 Å². The molecule has 0 fully saturated rings. The number of aromatic nitrogens is 4. The van der Waals surface area contributed by atoms with E-state index in [4.69, 9.17) is 11.6 Å². The van der Waals surface area contributed by atoms with Crippen LogP contribution in [0.2, 0.25) is 5.02 Å². The van der Waals surface area contributed by atoms with Gasteiger partial charge in [0.15, 0.2) is 0 Å². The summed E-state index contributed by atoms with van der Waals surface area (Å²) in [5.41, 5.74) is 1.40. The molecule has 0 unspecified atom stereocenters. The average molecular weight is 326 g/mol. The maximum absolute atomic E-state index is 11.9. The summed E-state index contributed by atoms with van der Waals surface area (Å²) in [5.74, 6) is 0.219. The van der Waals surface area contributed by atoms with Crippen molar-refractivity contribution >= 4 is 29.3 Å². The topological polar surface area (TPSA) is 72.7 Å². The lowest BCUT2D eigenvalue weighted by Gasteiger charge is -2.03. The van der Waals surface area contributed by atoms with E-state index in [1.807, 2.05) is 12.1 Å². The Labute approximate surface area is 137 Å². The van der Waals surface area contributed by atoms with Gasteiger partial charge in [0.05, 0.1) is 18.1 Å². The van der Waals surface area contributed by atoms with Crippen LogP contribution in [0.4, 0.5) is 5.69 Å². The number of hydrogen-bond donors (Lipinski definition) is 1. The minimum Gasteiger partial charge on any atom is -0.320 e. The zero-order chi connectivity index (χ0) is 16.1. The summed E-state index contributed by atoms with van der Waals surface area (Å²) in [5, 5.41) is 3.35. The van der Waals surface area contributed by atoms with Crippen molar-refractivity contribution in [2.45, 2.75) is 0 Å². The van der Waals surface area contributed by atoms with Crippen molar-refractivity contribution in [2.75, 3.05) is 5.32 Å². The smallest absolute Gasteiger partial charge is 0.248 e. The molecule has 0 bridgehead atoms. The summed E-state index contributed by atoms with van der Waals surface area (Å²) in [6.07, 6.45) is 11.2. The molecule has 114 valence electrons. The fourth-order valence-corrected chi connectivity index (χ4v) is 1.95. The second-order valence-corrected chi connectivity index (χ2v) is 5.05. The van der Waals surface area contributed by atoms with Crippen molar-refractivity contribution in [2.24, 2.45) is 0 Å². The van der Waals surface area contributed by atoms with E-state index in [-0.39, 0.29) is 5.91 Å². The molecule has 3 rings (SSSR count). The molecule has 23 heavy (non-hydrogen) atoms. The molecule has 0 spiro atoms. The molecule has 0 aliphatic heterocycles. The van der Waals surface area contributed by atoms with Crippen LogP contribution in [0.3, 0.4) is 0 Å². The van der Waals surface area contributed by atoms with Crippen molar-refractivity contribution in [3.8, 4) is 5.95 Å². The molecule has 0 saturated carbocycles. The number of carbonyl (C=O) groups excluding carboxylic acids is 1. The van der Waals surface area contributed by atoms with Crippen LogP contribution < -0.4 is 5.32 Å². The summed E-state index contributed by atoms with van der Waals surface area (Å²) in [7, 11) is 0. The number of halogens is 1. The lowest BCUT2D eigenvalue weighted by Crippen LogP contribution is -2.09. The highest BCUT2D eigenvalue weighted by atomic mass is 35.5. The molecule has 1 aromatic carbocycles. The highest BCUT2D eigenvalue weighted by Crippen LogP contribution is 2.11. The lowest BCUT2D eigenvalue weighted by molar-refractivity contribution is -0.111. The van der Waals surface area contributed by atoms with Crippen LogP contribution in [-0.4, -0.2) is 25.4 Å². The summed E-state index contributed by atoms with van der Waals surface area (Å²) in [4.78, 5) is 24.1. The van der Waals surface area contributed by atoms with E-state index >= 15 is 0 Å². The van der Waals surface area contributed by atoms with Gasteiger partial charge in [-0.2, -0.15) is 0 Å². The third kappa shape index (κ3) is 4.02. The minimum atomic E-state index is -0.265. The summed E-state index contributed by atoms with van der Waals surface area (Å²) < 4.78 is 1.67. The van der Waals surface area contributed by atoms with Crippen LogP contribution in [0.5, 0.6) is 0 Å². The number of nitrogens with one attached hydrogen (secondary N) is 1. The minimum absolute atomic E-state index is 0.265. The second kappa shape index (κ2) is 6.85. The number of hydrogen-bond acceptors (Lipinski definition) is 4. The predicted octanol–water partition coefficient (Wildman–Crippen LogP) is 2.97. The fraction of sp³-hybridized carbons (Fsp3) is 0. The Hall–Kier alpha value is -2.99. The van der Waals surface area contributed by atoms with Gasteiger partial charge < -0.3 is 5.32 Å². The zero-order valence-corrected chi connectivity index (χ0v) is 12.7. The standard InChI is InChI=1S/C16H12ClN5O/c17-13-4-1-12(2-5-13)3-6-15(23)21-14-9-19-16(20-10-14)22-8-7-18-11-22/h1-11H,(H,21,23)/b6-3+. The van der Waals surface area contributed by atoms with Gasteiger partial charge in [0.2, 0.25) is 11.9 Å². The molecule has 2 aromatic heterocycles. The normalized spacial score (nSPS) is 10.8. The molecule has 6 nitrogen and oxygen atoms in total. The number of nitrogens with zero attached hydrogens (tertiary/aromatic N) is 4. The Morgan fingerprint density at radius 2 is 1.91 bits per heavy atom. The number of rotatable bonds is 4. The number of amides is 1. The van der Waals surface area contributed by atoms with Gasteiger partial charge in [-0.15, -0.1) is 0 Å². The fourth-order valence-electron chi connectivity index (χ4n) is 1.83. The number of imidazole rings is 1. The first-order valence-corrected chi connectivity index (χ1v) is 7.13. The van der Waals surface area contributed by atoms with Crippen LogP contribution in [0, 0.1) is 0 Å². The van der Waals surface area contributed by atoms with Crippen molar-refractivity contribution in [1.82, 2.24) is 19.5 Å². The predicted molar refractivity (Wildman–Crippen MR) is 88.3 cm³/mol. The Kier molecular flexibility index (Phi) is 4.44.